The second-order valence-electron chi connectivity index (χ2n) is 6.08. The minimum absolute atomic E-state index is 0.219. The molecule has 0 aliphatic heterocycles. The van der Waals surface area contributed by atoms with Gasteiger partial charge in [-0.05, 0) is 44.9 Å². The molecular formula is C15H22N2O2. The van der Waals surface area contributed by atoms with E-state index in [9.17, 15) is 4.79 Å². The van der Waals surface area contributed by atoms with Gasteiger partial charge in [0.2, 0.25) is 0 Å². The van der Waals surface area contributed by atoms with Crippen LogP contribution in [0.5, 0.6) is 0 Å². The largest absolute Gasteiger partial charge is 0.388 e. The number of carbonyl (C=O) groups is 1. The molecule has 4 heteroatoms. The van der Waals surface area contributed by atoms with E-state index in [4.69, 9.17) is 4.84 Å². The van der Waals surface area contributed by atoms with Crippen LogP contribution in [0.1, 0.15) is 38.7 Å². The average molecular weight is 262 g/mol. The fourth-order valence-corrected chi connectivity index (χ4v) is 1.87. The Bertz CT molecular complexity index is 448. The number of rotatable bonds is 4. The Balaban J connectivity index is 1.82. The minimum Gasteiger partial charge on any atom is -0.388 e. The molecule has 0 amide bonds. The van der Waals surface area contributed by atoms with Gasteiger partial charge >= 0.3 is 5.97 Å². The number of hydrogen-bond donors (Lipinski definition) is 2. The van der Waals surface area contributed by atoms with Crippen molar-refractivity contribution in [1.29, 1.82) is 0 Å². The van der Waals surface area contributed by atoms with Crippen LogP contribution in [0.4, 0.5) is 5.69 Å². The van der Waals surface area contributed by atoms with Crippen LogP contribution >= 0.6 is 0 Å². The molecule has 2 unspecified atom stereocenters. The van der Waals surface area contributed by atoms with Gasteiger partial charge in [-0.2, -0.15) is 0 Å². The second kappa shape index (κ2) is 5.21. The Morgan fingerprint density at radius 3 is 2.42 bits per heavy atom. The lowest BCUT2D eigenvalue weighted by Crippen LogP contribution is -2.31. The van der Waals surface area contributed by atoms with Gasteiger partial charge in [-0.1, -0.05) is 12.1 Å². The molecule has 0 radical (unpaired) electrons. The van der Waals surface area contributed by atoms with Crippen LogP contribution in [0.15, 0.2) is 24.3 Å². The monoisotopic (exact) mass is 262 g/mol. The van der Waals surface area contributed by atoms with Crippen LogP contribution in [0.2, 0.25) is 0 Å². The molecule has 0 aromatic heterocycles. The summed E-state index contributed by atoms with van der Waals surface area (Å²) in [5.74, 6) is 0.224. The molecule has 0 saturated heterocycles. The molecule has 1 aromatic carbocycles. The van der Waals surface area contributed by atoms with E-state index in [0.717, 1.165) is 12.1 Å². The highest BCUT2D eigenvalue weighted by molar-refractivity contribution is 5.75. The molecule has 1 aliphatic rings. The van der Waals surface area contributed by atoms with Crippen molar-refractivity contribution in [2.75, 3.05) is 12.4 Å². The van der Waals surface area contributed by atoms with Crippen LogP contribution in [0.25, 0.3) is 0 Å². The van der Waals surface area contributed by atoms with E-state index in [0.29, 0.717) is 5.92 Å². The summed E-state index contributed by atoms with van der Waals surface area (Å²) in [6.07, 6.45) is 1.01. The highest BCUT2D eigenvalue weighted by Gasteiger charge is 2.40. The van der Waals surface area contributed by atoms with Crippen molar-refractivity contribution in [1.82, 2.24) is 5.48 Å². The Morgan fingerprint density at radius 1 is 1.26 bits per heavy atom. The van der Waals surface area contributed by atoms with Gasteiger partial charge in [0.25, 0.3) is 0 Å². The van der Waals surface area contributed by atoms with Gasteiger partial charge in [0.05, 0.1) is 11.5 Å². The van der Waals surface area contributed by atoms with Crippen molar-refractivity contribution in [2.45, 2.75) is 39.2 Å². The SMILES string of the molecule is CNc1ccc(C2CC2NOC(=O)C(C)(C)C)cc1. The molecule has 1 saturated carbocycles. The van der Waals surface area contributed by atoms with Gasteiger partial charge in [0.1, 0.15) is 0 Å². The zero-order valence-electron chi connectivity index (χ0n) is 12.0. The highest BCUT2D eigenvalue weighted by atomic mass is 16.7. The summed E-state index contributed by atoms with van der Waals surface area (Å²) < 4.78 is 0. The molecule has 1 aromatic rings. The van der Waals surface area contributed by atoms with E-state index in [1.54, 1.807) is 0 Å². The quantitative estimate of drug-likeness (QED) is 0.819. The van der Waals surface area contributed by atoms with Gasteiger partial charge in [0.15, 0.2) is 0 Å². The summed E-state index contributed by atoms with van der Waals surface area (Å²) in [6, 6.07) is 8.59. The van der Waals surface area contributed by atoms with Gasteiger partial charge in [-0.25, -0.2) is 4.79 Å². The lowest BCUT2D eigenvalue weighted by atomic mass is 9.98. The van der Waals surface area contributed by atoms with Crippen molar-refractivity contribution in [2.24, 2.45) is 5.41 Å². The van der Waals surface area contributed by atoms with Crippen LogP contribution < -0.4 is 10.8 Å². The maximum Gasteiger partial charge on any atom is 0.329 e. The molecule has 1 aliphatic carbocycles. The van der Waals surface area contributed by atoms with Gasteiger partial charge < -0.3 is 10.2 Å². The fraction of sp³-hybridized carbons (Fsp3) is 0.533. The van der Waals surface area contributed by atoms with Crippen molar-refractivity contribution in [3.05, 3.63) is 29.8 Å². The van der Waals surface area contributed by atoms with Crippen molar-refractivity contribution >= 4 is 11.7 Å². The first-order valence-electron chi connectivity index (χ1n) is 6.66. The summed E-state index contributed by atoms with van der Waals surface area (Å²) >= 11 is 0. The summed E-state index contributed by atoms with van der Waals surface area (Å²) in [7, 11) is 1.91. The van der Waals surface area contributed by atoms with E-state index in [-0.39, 0.29) is 12.0 Å². The molecule has 0 heterocycles. The molecule has 0 spiro atoms. The molecule has 1 fully saturated rings. The summed E-state index contributed by atoms with van der Waals surface area (Å²) in [6.45, 7) is 5.54. The number of hydrogen-bond acceptors (Lipinski definition) is 4. The van der Waals surface area contributed by atoms with Crippen molar-refractivity contribution < 1.29 is 9.63 Å². The normalized spacial score (nSPS) is 21.9. The number of hydroxylamine groups is 1. The number of carbonyl (C=O) groups excluding carboxylic acids is 1. The first-order valence-corrected chi connectivity index (χ1v) is 6.66. The Kier molecular flexibility index (Phi) is 3.80. The zero-order chi connectivity index (χ0) is 14.0. The van der Waals surface area contributed by atoms with Crippen molar-refractivity contribution in [3.63, 3.8) is 0 Å². The van der Waals surface area contributed by atoms with E-state index < -0.39 is 5.41 Å². The van der Waals surface area contributed by atoms with E-state index >= 15 is 0 Å². The topological polar surface area (TPSA) is 50.4 Å². The molecule has 19 heavy (non-hydrogen) atoms. The van der Waals surface area contributed by atoms with Crippen molar-refractivity contribution in [3.8, 4) is 0 Å². The smallest absolute Gasteiger partial charge is 0.329 e. The second-order valence-corrected chi connectivity index (χ2v) is 6.08. The third-order valence-corrected chi connectivity index (χ3v) is 3.33. The Labute approximate surface area is 114 Å². The molecular weight excluding hydrogens is 240 g/mol. The third-order valence-electron chi connectivity index (χ3n) is 3.33. The van der Waals surface area contributed by atoms with Gasteiger partial charge in [-0.15, -0.1) is 5.48 Å². The maximum atomic E-state index is 11.6. The molecule has 2 rings (SSSR count). The molecule has 4 nitrogen and oxygen atoms in total. The van der Waals surface area contributed by atoms with E-state index in [1.807, 2.05) is 27.8 Å². The zero-order valence-corrected chi connectivity index (χ0v) is 12.0. The number of benzene rings is 1. The van der Waals surface area contributed by atoms with Crippen LogP contribution in [-0.4, -0.2) is 19.1 Å². The number of anilines is 1. The predicted octanol–water partition coefficient (Wildman–Crippen LogP) is 2.68. The highest BCUT2D eigenvalue weighted by Crippen LogP contribution is 2.41. The average Bonchev–Trinajstić information content (AvgIpc) is 3.14. The van der Waals surface area contributed by atoms with Crippen LogP contribution in [0.3, 0.4) is 0 Å². The predicted molar refractivity (Wildman–Crippen MR) is 75.8 cm³/mol. The Morgan fingerprint density at radius 2 is 1.89 bits per heavy atom. The van der Waals surface area contributed by atoms with Gasteiger partial charge in [-0.3, -0.25) is 0 Å². The standard InChI is InChI=1S/C15H22N2O2/c1-15(2,3)14(18)19-17-13-9-12(13)10-5-7-11(16-4)8-6-10/h5-8,12-13,16-17H,9H2,1-4H3. The van der Waals surface area contributed by atoms with Crippen LogP contribution in [-0.2, 0) is 9.63 Å². The van der Waals surface area contributed by atoms with E-state index in [1.165, 1.54) is 5.56 Å². The lowest BCUT2D eigenvalue weighted by molar-refractivity contribution is -0.161. The molecule has 2 atom stereocenters. The molecule has 104 valence electrons. The summed E-state index contributed by atoms with van der Waals surface area (Å²) in [4.78, 5) is 16.8. The molecule has 2 N–H and O–H groups in total. The van der Waals surface area contributed by atoms with E-state index in [2.05, 4.69) is 35.1 Å². The number of nitrogens with one attached hydrogen (secondary N) is 2. The maximum absolute atomic E-state index is 11.6. The van der Waals surface area contributed by atoms with Crippen LogP contribution in [0, 0.1) is 5.41 Å². The first-order chi connectivity index (χ1) is 8.91. The lowest BCUT2D eigenvalue weighted by Gasteiger charge is -2.16. The fourth-order valence-electron chi connectivity index (χ4n) is 1.87. The first kappa shape index (κ1) is 13.9. The third kappa shape index (κ3) is 3.47. The Hall–Kier alpha value is -1.55. The minimum atomic E-state index is -0.466. The van der Waals surface area contributed by atoms with Gasteiger partial charge in [0, 0.05) is 18.7 Å². The summed E-state index contributed by atoms with van der Waals surface area (Å²) in [5.41, 5.74) is 4.79. The summed E-state index contributed by atoms with van der Waals surface area (Å²) in [5, 5.41) is 3.10. The molecule has 0 bridgehead atoms.